The Morgan fingerprint density at radius 2 is 1.74 bits per heavy atom. The molecule has 0 radical (unpaired) electrons. The maximum Gasteiger partial charge on any atom is 0.414 e. The van der Waals surface area contributed by atoms with E-state index >= 15 is 0 Å². The molecule has 210 valence electrons. The van der Waals surface area contributed by atoms with E-state index in [4.69, 9.17) is 18.9 Å². The number of amides is 1. The molecule has 1 fully saturated rings. The van der Waals surface area contributed by atoms with Crippen molar-refractivity contribution in [1.29, 1.82) is 0 Å². The van der Waals surface area contributed by atoms with Gasteiger partial charge in [0.15, 0.2) is 11.5 Å². The number of benzene rings is 1. The molecular formula is C28H39NO9. The Balaban J connectivity index is 2.07. The number of fused-ring (bicyclic) bond motifs is 2. The molecule has 0 aliphatic carbocycles. The molecule has 0 aromatic heterocycles. The van der Waals surface area contributed by atoms with Crippen LogP contribution in [0.5, 0.6) is 5.75 Å². The van der Waals surface area contributed by atoms with Crippen molar-refractivity contribution in [2.75, 3.05) is 18.1 Å². The molecule has 2 heterocycles. The number of ether oxygens (including phenoxy) is 4. The van der Waals surface area contributed by atoms with Crippen molar-refractivity contribution in [3.63, 3.8) is 0 Å². The number of anilines is 1. The molecule has 2 N–H and O–H groups in total. The molecular weight excluding hydrogens is 494 g/mol. The van der Waals surface area contributed by atoms with Crippen LogP contribution in [-0.2, 0) is 18.9 Å². The van der Waals surface area contributed by atoms with Crippen molar-refractivity contribution in [2.24, 2.45) is 0 Å². The Morgan fingerprint density at radius 3 is 2.34 bits per heavy atom. The summed E-state index contributed by atoms with van der Waals surface area (Å²) in [5, 5.41) is 19.3. The molecule has 2 aliphatic heterocycles. The third-order valence-corrected chi connectivity index (χ3v) is 5.93. The van der Waals surface area contributed by atoms with E-state index in [2.05, 4.69) is 4.89 Å². The fourth-order valence-corrected chi connectivity index (χ4v) is 4.39. The summed E-state index contributed by atoms with van der Waals surface area (Å²) >= 11 is 0. The lowest BCUT2D eigenvalue weighted by Gasteiger charge is -2.27. The first-order chi connectivity index (χ1) is 17.8. The molecule has 1 amide bonds. The average molecular weight is 534 g/mol. The molecule has 3 rings (SSSR count). The molecule has 3 unspecified atom stereocenters. The second-order valence-electron chi connectivity index (χ2n) is 10.9. The first-order valence-corrected chi connectivity index (χ1v) is 12.8. The summed E-state index contributed by atoms with van der Waals surface area (Å²) in [6.07, 6.45) is 7.55. The second kappa shape index (κ2) is 12.3. The lowest BCUT2D eigenvalue weighted by molar-refractivity contribution is -0.145. The predicted molar refractivity (Wildman–Crippen MR) is 141 cm³/mol. The van der Waals surface area contributed by atoms with Crippen molar-refractivity contribution in [2.45, 2.75) is 90.5 Å². The topological polar surface area (TPSA) is 124 Å². The number of carbonyl (C=O) groups is 2. The van der Waals surface area contributed by atoms with E-state index in [-0.39, 0.29) is 42.4 Å². The highest BCUT2D eigenvalue weighted by atomic mass is 17.1. The van der Waals surface area contributed by atoms with Crippen LogP contribution in [0.15, 0.2) is 30.4 Å². The van der Waals surface area contributed by atoms with Gasteiger partial charge in [-0.15, -0.1) is 0 Å². The van der Waals surface area contributed by atoms with Crippen molar-refractivity contribution in [1.82, 2.24) is 0 Å². The largest absolute Gasteiger partial charge is 0.459 e. The van der Waals surface area contributed by atoms with E-state index in [1.54, 1.807) is 39.8 Å². The number of aliphatic hydroxyl groups excluding tert-OH is 1. The van der Waals surface area contributed by atoms with Crippen LogP contribution in [0.4, 0.5) is 10.5 Å². The van der Waals surface area contributed by atoms with Crippen LogP contribution in [-0.4, -0.2) is 65.3 Å². The van der Waals surface area contributed by atoms with Gasteiger partial charge in [0.1, 0.15) is 17.3 Å². The number of hydrogen-bond acceptors (Lipinski definition) is 9. The summed E-state index contributed by atoms with van der Waals surface area (Å²) in [6, 6.07) is 2.91. The molecule has 38 heavy (non-hydrogen) atoms. The molecule has 10 heteroatoms. The van der Waals surface area contributed by atoms with Crippen LogP contribution in [0, 0.1) is 0 Å². The van der Waals surface area contributed by atoms with E-state index in [0.717, 1.165) is 0 Å². The van der Waals surface area contributed by atoms with E-state index in [1.165, 1.54) is 11.0 Å². The number of aliphatic hydroxyl groups is 1. The van der Waals surface area contributed by atoms with Gasteiger partial charge in [0.25, 0.3) is 0 Å². The third-order valence-electron chi connectivity index (χ3n) is 5.93. The Morgan fingerprint density at radius 1 is 1.11 bits per heavy atom. The molecule has 3 atom stereocenters. The molecule has 2 aliphatic rings. The quantitative estimate of drug-likeness (QED) is 0.236. The highest BCUT2D eigenvalue weighted by Gasteiger charge is 2.40. The van der Waals surface area contributed by atoms with Crippen LogP contribution < -0.4 is 9.79 Å². The van der Waals surface area contributed by atoms with Gasteiger partial charge in [-0.2, -0.15) is 0 Å². The third kappa shape index (κ3) is 7.80. The van der Waals surface area contributed by atoms with Crippen molar-refractivity contribution in [3.8, 4) is 5.75 Å². The second-order valence-corrected chi connectivity index (χ2v) is 10.9. The van der Waals surface area contributed by atoms with Crippen LogP contribution in [0.2, 0.25) is 0 Å². The normalized spacial score (nSPS) is 25.3. The number of rotatable bonds is 4. The number of cyclic esters (lactones) is 1. The minimum atomic E-state index is -0.781. The fraction of sp³-hybridized carbons (Fsp3) is 0.571. The molecule has 1 aromatic rings. The summed E-state index contributed by atoms with van der Waals surface area (Å²) in [6.45, 7) is 10.3. The lowest BCUT2D eigenvalue weighted by Crippen LogP contribution is -2.38. The zero-order chi connectivity index (χ0) is 28.1. The molecule has 1 saturated heterocycles. The summed E-state index contributed by atoms with van der Waals surface area (Å²) in [5.41, 5.74) is -0.187. The smallest absolute Gasteiger partial charge is 0.414 e. The first-order valence-electron chi connectivity index (χ1n) is 12.8. The van der Waals surface area contributed by atoms with Crippen LogP contribution in [0.25, 0.3) is 6.08 Å². The standard InChI is InChI=1S/C28H39NO9/c1-18-10-7-8-12-21-22(36-28(5,6)35-21)13-9-11-19-16-20(17-23(38-33)24(19)25(31)34-18)29(14-15-30)26(32)37-27(2,3)4/h7-9,11,16-18,21-22,30,33H,10,12-15H2,1-6H3/b8-7-,11-9+. The highest BCUT2D eigenvalue weighted by Crippen LogP contribution is 2.35. The molecule has 10 nitrogen and oxygen atoms in total. The SMILES string of the molecule is CC1C/C=C\CC2OC(C)(C)OC2C/C=C/c2cc(N(CCO)C(=O)OC(C)(C)C)cc(OO)c2C(=O)O1. The first kappa shape index (κ1) is 29.6. The Kier molecular flexibility index (Phi) is 9.59. The van der Waals surface area contributed by atoms with E-state index in [1.807, 2.05) is 32.1 Å². The van der Waals surface area contributed by atoms with Gasteiger partial charge in [-0.05, 0) is 66.0 Å². The highest BCUT2D eigenvalue weighted by molar-refractivity contribution is 5.99. The van der Waals surface area contributed by atoms with Crippen molar-refractivity contribution in [3.05, 3.63) is 41.5 Å². The summed E-state index contributed by atoms with van der Waals surface area (Å²) in [4.78, 5) is 31.9. The number of esters is 1. The van der Waals surface area contributed by atoms with E-state index in [9.17, 15) is 20.0 Å². The Labute approximate surface area is 223 Å². The zero-order valence-corrected chi connectivity index (χ0v) is 22.9. The van der Waals surface area contributed by atoms with Gasteiger partial charge in [-0.3, -0.25) is 4.90 Å². The fourth-order valence-electron chi connectivity index (χ4n) is 4.39. The van der Waals surface area contributed by atoms with Crippen molar-refractivity contribution >= 4 is 23.8 Å². The van der Waals surface area contributed by atoms with Gasteiger partial charge in [-0.25, -0.2) is 14.8 Å². The minimum Gasteiger partial charge on any atom is -0.459 e. The maximum atomic E-state index is 13.2. The average Bonchev–Trinajstić information content (AvgIpc) is 3.11. The summed E-state index contributed by atoms with van der Waals surface area (Å²) in [7, 11) is 0. The summed E-state index contributed by atoms with van der Waals surface area (Å²) < 4.78 is 23.3. The van der Waals surface area contributed by atoms with Gasteiger partial charge in [0, 0.05) is 12.5 Å². The summed E-state index contributed by atoms with van der Waals surface area (Å²) in [5.74, 6) is -1.62. The van der Waals surface area contributed by atoms with Gasteiger partial charge >= 0.3 is 12.1 Å². The van der Waals surface area contributed by atoms with Crippen molar-refractivity contribution < 1.29 is 43.8 Å². The Bertz CT molecular complexity index is 1060. The van der Waals surface area contributed by atoms with E-state index in [0.29, 0.717) is 24.8 Å². The van der Waals surface area contributed by atoms with E-state index < -0.39 is 29.6 Å². The molecule has 1 aromatic carbocycles. The van der Waals surface area contributed by atoms with Crippen LogP contribution in [0.3, 0.4) is 0 Å². The minimum absolute atomic E-state index is 0.00556. The monoisotopic (exact) mass is 533 g/mol. The molecule has 0 spiro atoms. The zero-order valence-electron chi connectivity index (χ0n) is 22.9. The van der Waals surface area contributed by atoms with Gasteiger partial charge in [-0.1, -0.05) is 24.3 Å². The van der Waals surface area contributed by atoms with Crippen LogP contribution >= 0.6 is 0 Å². The predicted octanol–water partition coefficient (Wildman–Crippen LogP) is 5.09. The molecule has 0 bridgehead atoms. The Hall–Kier alpha value is -2.92. The number of nitrogens with zero attached hydrogens (tertiary/aromatic N) is 1. The van der Waals surface area contributed by atoms with Gasteiger partial charge < -0.3 is 28.9 Å². The molecule has 0 saturated carbocycles. The maximum absolute atomic E-state index is 13.2. The lowest BCUT2D eigenvalue weighted by atomic mass is 10.0. The van der Waals surface area contributed by atoms with Gasteiger partial charge in [0.05, 0.1) is 31.0 Å². The van der Waals surface area contributed by atoms with Crippen LogP contribution in [0.1, 0.15) is 76.7 Å². The van der Waals surface area contributed by atoms with Gasteiger partial charge in [0.2, 0.25) is 0 Å². The number of hydrogen-bond donors (Lipinski definition) is 2. The number of carbonyl (C=O) groups excluding carboxylic acids is 2.